The molecule has 0 radical (unpaired) electrons. The quantitative estimate of drug-likeness (QED) is 0.505. The first kappa shape index (κ1) is 12.4. The van der Waals surface area contributed by atoms with Gasteiger partial charge in [-0.1, -0.05) is 0 Å². The van der Waals surface area contributed by atoms with Gasteiger partial charge in [-0.15, -0.1) is 0 Å². The Balaban J connectivity index is 0.000000226. The van der Waals surface area contributed by atoms with E-state index in [1.807, 2.05) is 0 Å². The molecule has 1 rings (SSSR count). The van der Waals surface area contributed by atoms with Crippen molar-refractivity contribution in [2.75, 3.05) is 13.2 Å². The molecule has 1 saturated heterocycles. The maximum Gasteiger partial charge on any atom is 0.302 e. The summed E-state index contributed by atoms with van der Waals surface area (Å²) in [6.45, 7) is 4.52. The summed E-state index contributed by atoms with van der Waals surface area (Å²) in [5, 5.41) is 2.72. The maximum absolute atomic E-state index is 12.1. The minimum absolute atomic E-state index is 0.211. The molecule has 0 aromatic rings. The van der Waals surface area contributed by atoms with Gasteiger partial charge in [0.1, 0.15) is 0 Å². The van der Waals surface area contributed by atoms with Crippen molar-refractivity contribution < 1.29 is 13.9 Å². The third-order valence-electron chi connectivity index (χ3n) is 1.60. The lowest BCUT2D eigenvalue weighted by molar-refractivity contribution is -0.140. The molecule has 1 aliphatic rings. The van der Waals surface area contributed by atoms with E-state index in [0.29, 0.717) is 13.0 Å². The number of carbonyl (C=O) groups excluding carboxylic acids is 1. The van der Waals surface area contributed by atoms with Gasteiger partial charge in [0.05, 0.1) is 6.61 Å². The molecule has 13 heavy (non-hydrogen) atoms. The summed E-state index contributed by atoms with van der Waals surface area (Å²) in [6, 6.07) is 0. The number of halogens is 1. The van der Waals surface area contributed by atoms with Crippen LogP contribution in [0.3, 0.4) is 0 Å². The second-order valence-corrected chi connectivity index (χ2v) is 2.84. The van der Waals surface area contributed by atoms with Crippen LogP contribution in [0.4, 0.5) is 4.39 Å². The fourth-order valence-electron chi connectivity index (χ4n) is 1.01. The summed E-state index contributed by atoms with van der Waals surface area (Å²) in [7, 11) is 0. The van der Waals surface area contributed by atoms with Crippen molar-refractivity contribution in [2.45, 2.75) is 39.4 Å². The van der Waals surface area contributed by atoms with Crippen LogP contribution >= 0.6 is 0 Å². The third kappa shape index (κ3) is 9.27. The van der Waals surface area contributed by atoms with E-state index in [1.165, 1.54) is 6.92 Å². The van der Waals surface area contributed by atoms with Gasteiger partial charge in [0.25, 0.3) is 0 Å². The lowest BCUT2D eigenvalue weighted by Gasteiger charge is -2.14. The van der Waals surface area contributed by atoms with Crippen LogP contribution in [-0.4, -0.2) is 25.4 Å². The maximum atomic E-state index is 12.1. The van der Waals surface area contributed by atoms with E-state index < -0.39 is 6.30 Å². The highest BCUT2D eigenvalue weighted by Gasteiger charge is 2.08. The SMILES string of the molecule is CCOC(C)=O.FC1CCCCN1. The van der Waals surface area contributed by atoms with Gasteiger partial charge >= 0.3 is 5.97 Å². The molecular formula is C9H18FNO2. The number of carbonyl (C=O) groups is 1. The van der Waals surface area contributed by atoms with Gasteiger partial charge in [-0.3, -0.25) is 10.1 Å². The molecule has 1 aliphatic heterocycles. The normalized spacial score (nSPS) is 21.3. The molecule has 4 heteroatoms. The molecule has 1 fully saturated rings. The Morgan fingerprint density at radius 2 is 2.31 bits per heavy atom. The van der Waals surface area contributed by atoms with Crippen LogP contribution in [0.15, 0.2) is 0 Å². The monoisotopic (exact) mass is 191 g/mol. The number of piperidine rings is 1. The standard InChI is InChI=1S/C5H10FN.C4H8O2/c6-5-3-1-2-4-7-5;1-3-6-4(2)5/h5,7H,1-4H2;3H2,1-2H3. The zero-order chi connectivity index (χ0) is 10.1. The van der Waals surface area contributed by atoms with Crippen LogP contribution in [0, 0.1) is 0 Å². The fraction of sp³-hybridized carbons (Fsp3) is 0.889. The van der Waals surface area contributed by atoms with Crippen molar-refractivity contribution in [3.8, 4) is 0 Å². The zero-order valence-electron chi connectivity index (χ0n) is 8.31. The minimum atomic E-state index is -0.714. The molecule has 1 unspecified atom stereocenters. The Morgan fingerprint density at radius 3 is 2.46 bits per heavy atom. The molecular weight excluding hydrogens is 173 g/mol. The number of hydrogen-bond donors (Lipinski definition) is 1. The zero-order valence-corrected chi connectivity index (χ0v) is 8.31. The minimum Gasteiger partial charge on any atom is -0.466 e. The molecule has 78 valence electrons. The molecule has 0 aliphatic carbocycles. The van der Waals surface area contributed by atoms with Crippen molar-refractivity contribution in [1.29, 1.82) is 0 Å². The predicted octanol–water partition coefficient (Wildman–Crippen LogP) is 1.62. The average molecular weight is 191 g/mol. The summed E-state index contributed by atoms with van der Waals surface area (Å²) in [4.78, 5) is 9.82. The van der Waals surface area contributed by atoms with Crippen LogP contribution in [0.1, 0.15) is 33.1 Å². The second-order valence-electron chi connectivity index (χ2n) is 2.84. The Bertz CT molecular complexity index is 136. The van der Waals surface area contributed by atoms with Gasteiger partial charge in [0.2, 0.25) is 0 Å². The topological polar surface area (TPSA) is 38.3 Å². The van der Waals surface area contributed by atoms with Gasteiger partial charge < -0.3 is 4.74 Å². The predicted molar refractivity (Wildman–Crippen MR) is 49.1 cm³/mol. The summed E-state index contributed by atoms with van der Waals surface area (Å²) in [5.41, 5.74) is 0. The van der Waals surface area contributed by atoms with Gasteiger partial charge in [-0.25, -0.2) is 4.39 Å². The van der Waals surface area contributed by atoms with Crippen LogP contribution in [-0.2, 0) is 9.53 Å². The van der Waals surface area contributed by atoms with E-state index in [1.54, 1.807) is 6.92 Å². The Morgan fingerprint density at radius 1 is 1.62 bits per heavy atom. The summed E-state index contributed by atoms with van der Waals surface area (Å²) in [5.74, 6) is -0.211. The summed E-state index contributed by atoms with van der Waals surface area (Å²) < 4.78 is 16.5. The molecule has 0 bridgehead atoms. The molecule has 1 N–H and O–H groups in total. The molecule has 0 saturated carbocycles. The lowest BCUT2D eigenvalue weighted by atomic mass is 10.2. The number of ether oxygens (including phenoxy) is 1. The Hall–Kier alpha value is -0.640. The number of nitrogens with one attached hydrogen (secondary N) is 1. The molecule has 3 nitrogen and oxygen atoms in total. The highest BCUT2D eigenvalue weighted by molar-refractivity contribution is 5.65. The number of hydrogen-bond acceptors (Lipinski definition) is 3. The highest BCUT2D eigenvalue weighted by Crippen LogP contribution is 2.06. The first-order chi connectivity index (χ1) is 6.16. The van der Waals surface area contributed by atoms with Gasteiger partial charge in [-0.2, -0.15) is 0 Å². The number of alkyl halides is 1. The number of rotatable bonds is 1. The molecule has 0 spiro atoms. The first-order valence-corrected chi connectivity index (χ1v) is 4.67. The fourth-order valence-corrected chi connectivity index (χ4v) is 1.01. The molecule has 0 amide bonds. The molecule has 0 aromatic carbocycles. The van der Waals surface area contributed by atoms with Crippen molar-refractivity contribution in [2.24, 2.45) is 0 Å². The second kappa shape index (κ2) is 7.98. The van der Waals surface area contributed by atoms with Gasteiger partial charge in [0, 0.05) is 6.92 Å². The largest absolute Gasteiger partial charge is 0.466 e. The molecule has 1 heterocycles. The Labute approximate surface area is 78.6 Å². The highest BCUT2D eigenvalue weighted by atomic mass is 19.1. The molecule has 1 atom stereocenters. The van der Waals surface area contributed by atoms with Crippen LogP contribution in [0.25, 0.3) is 0 Å². The summed E-state index contributed by atoms with van der Waals surface area (Å²) in [6.07, 6.45) is 2.18. The van der Waals surface area contributed by atoms with Crippen molar-refractivity contribution >= 4 is 5.97 Å². The third-order valence-corrected chi connectivity index (χ3v) is 1.60. The lowest BCUT2D eigenvalue weighted by Crippen LogP contribution is -2.29. The van der Waals surface area contributed by atoms with Crippen LogP contribution < -0.4 is 5.32 Å². The Kier molecular flexibility index (Phi) is 7.59. The van der Waals surface area contributed by atoms with Gasteiger partial charge in [0.15, 0.2) is 6.30 Å². The van der Waals surface area contributed by atoms with E-state index in [0.717, 1.165) is 19.4 Å². The average Bonchev–Trinajstić information content (AvgIpc) is 2.06. The van der Waals surface area contributed by atoms with Gasteiger partial charge in [-0.05, 0) is 32.7 Å². The first-order valence-electron chi connectivity index (χ1n) is 4.67. The van der Waals surface area contributed by atoms with E-state index in [4.69, 9.17) is 0 Å². The molecule has 0 aromatic heterocycles. The smallest absolute Gasteiger partial charge is 0.302 e. The summed E-state index contributed by atoms with van der Waals surface area (Å²) >= 11 is 0. The van der Waals surface area contributed by atoms with E-state index in [9.17, 15) is 9.18 Å². The van der Waals surface area contributed by atoms with E-state index in [2.05, 4.69) is 10.1 Å². The van der Waals surface area contributed by atoms with Crippen molar-refractivity contribution in [3.05, 3.63) is 0 Å². The number of esters is 1. The van der Waals surface area contributed by atoms with Crippen LogP contribution in [0.2, 0.25) is 0 Å². The van der Waals surface area contributed by atoms with Crippen molar-refractivity contribution in [1.82, 2.24) is 5.32 Å². The van der Waals surface area contributed by atoms with Crippen LogP contribution in [0.5, 0.6) is 0 Å². The van der Waals surface area contributed by atoms with E-state index >= 15 is 0 Å². The van der Waals surface area contributed by atoms with Crippen molar-refractivity contribution in [3.63, 3.8) is 0 Å². The van der Waals surface area contributed by atoms with E-state index in [-0.39, 0.29) is 5.97 Å².